The second kappa shape index (κ2) is 17.4. The Morgan fingerprint density at radius 1 is 0.612 bits per heavy atom. The Balaban J connectivity index is 1.53. The van der Waals surface area contributed by atoms with Crippen LogP contribution in [0.25, 0.3) is 0 Å². The number of esters is 4. The summed E-state index contributed by atoms with van der Waals surface area (Å²) in [6.07, 6.45) is -4.93. The number of carbonyl (C=O) groups excluding carboxylic acids is 4. The average molecular weight is 684 g/mol. The SMILES string of the molecule is CCN(CC)S[C@@H]1O[C@@H]([C@@H](COC(=O)c2ccccc2)OC(=O)c2ccccc2)[C@H](OC(=O)c2ccccc2)[C@H]1OC(=O)c1ccccc1. The largest absolute Gasteiger partial charge is 0.458 e. The summed E-state index contributed by atoms with van der Waals surface area (Å²) < 4.78 is 32.3. The van der Waals surface area contributed by atoms with Crippen LogP contribution >= 0.6 is 11.9 Å². The zero-order valence-corrected chi connectivity index (χ0v) is 27.9. The van der Waals surface area contributed by atoms with Gasteiger partial charge in [0.05, 0.1) is 22.3 Å². The van der Waals surface area contributed by atoms with Crippen LogP contribution < -0.4 is 0 Å². The van der Waals surface area contributed by atoms with Gasteiger partial charge in [0.1, 0.15) is 12.7 Å². The van der Waals surface area contributed by atoms with Crippen LogP contribution in [0.3, 0.4) is 0 Å². The molecule has 1 fully saturated rings. The molecule has 0 N–H and O–H groups in total. The van der Waals surface area contributed by atoms with Gasteiger partial charge in [-0.1, -0.05) is 86.6 Å². The normalized spacial score (nSPS) is 19.1. The maximum atomic E-state index is 13.6. The van der Waals surface area contributed by atoms with E-state index in [9.17, 15) is 19.2 Å². The highest BCUT2D eigenvalue weighted by atomic mass is 32.2. The lowest BCUT2D eigenvalue weighted by atomic mass is 10.1. The molecule has 4 aromatic rings. The molecule has 4 aromatic carbocycles. The van der Waals surface area contributed by atoms with Crippen LogP contribution in [0.5, 0.6) is 0 Å². The number of rotatable bonds is 14. The van der Waals surface area contributed by atoms with E-state index in [1.54, 1.807) is 121 Å². The molecule has 10 nitrogen and oxygen atoms in total. The first-order valence-electron chi connectivity index (χ1n) is 15.9. The van der Waals surface area contributed by atoms with E-state index >= 15 is 0 Å². The minimum Gasteiger partial charge on any atom is -0.458 e. The third-order valence-corrected chi connectivity index (χ3v) is 9.09. The van der Waals surface area contributed by atoms with Crippen molar-refractivity contribution < 1.29 is 42.9 Å². The van der Waals surface area contributed by atoms with Gasteiger partial charge in [0.2, 0.25) is 0 Å². The monoisotopic (exact) mass is 683 g/mol. The van der Waals surface area contributed by atoms with Gasteiger partial charge in [-0.3, -0.25) is 0 Å². The molecule has 0 amide bonds. The van der Waals surface area contributed by atoms with Crippen LogP contribution in [0, 0.1) is 0 Å². The number of hydrogen-bond donors (Lipinski definition) is 0. The molecular formula is C38H37NO9S. The molecule has 1 heterocycles. The lowest BCUT2D eigenvalue weighted by molar-refractivity contribution is -0.0900. The van der Waals surface area contributed by atoms with Gasteiger partial charge in [0.25, 0.3) is 0 Å². The lowest BCUT2D eigenvalue weighted by Crippen LogP contribution is -2.47. The first-order valence-corrected chi connectivity index (χ1v) is 16.8. The van der Waals surface area contributed by atoms with E-state index in [0.29, 0.717) is 18.7 Å². The van der Waals surface area contributed by atoms with E-state index < -0.39 is 60.3 Å². The van der Waals surface area contributed by atoms with Crippen molar-refractivity contribution in [1.29, 1.82) is 0 Å². The molecule has 1 aliphatic heterocycles. The third-order valence-electron chi connectivity index (χ3n) is 7.69. The quantitative estimate of drug-likeness (QED) is 0.0855. The zero-order valence-electron chi connectivity index (χ0n) is 27.1. The van der Waals surface area contributed by atoms with Gasteiger partial charge in [-0.2, -0.15) is 0 Å². The van der Waals surface area contributed by atoms with Crippen LogP contribution in [0.15, 0.2) is 121 Å². The highest BCUT2D eigenvalue weighted by Gasteiger charge is 2.55. The van der Waals surface area contributed by atoms with E-state index in [1.807, 2.05) is 18.2 Å². The molecular weight excluding hydrogens is 646 g/mol. The smallest absolute Gasteiger partial charge is 0.338 e. The molecule has 0 saturated carbocycles. The fourth-order valence-corrected chi connectivity index (χ4v) is 6.24. The molecule has 0 radical (unpaired) electrons. The minimum atomic E-state index is -1.28. The molecule has 5 atom stereocenters. The second-order valence-electron chi connectivity index (χ2n) is 10.9. The van der Waals surface area contributed by atoms with Gasteiger partial charge < -0.3 is 23.7 Å². The third kappa shape index (κ3) is 9.35. The van der Waals surface area contributed by atoms with Crippen molar-refractivity contribution in [2.24, 2.45) is 0 Å². The first kappa shape index (κ1) is 35.3. The van der Waals surface area contributed by atoms with E-state index in [-0.39, 0.29) is 16.7 Å². The van der Waals surface area contributed by atoms with Crippen molar-refractivity contribution in [3.63, 3.8) is 0 Å². The predicted molar refractivity (Wildman–Crippen MR) is 183 cm³/mol. The van der Waals surface area contributed by atoms with Crippen LogP contribution in [0.2, 0.25) is 0 Å². The molecule has 5 rings (SSSR count). The number of ether oxygens (including phenoxy) is 5. The molecule has 1 aliphatic rings. The number of carbonyl (C=O) groups is 4. The van der Waals surface area contributed by atoms with Gasteiger partial charge in [-0.25, -0.2) is 23.5 Å². The van der Waals surface area contributed by atoms with E-state index in [0.717, 1.165) is 0 Å². The maximum absolute atomic E-state index is 13.6. The Bertz CT molecular complexity index is 1670. The van der Waals surface area contributed by atoms with Crippen LogP contribution in [0.4, 0.5) is 0 Å². The van der Waals surface area contributed by atoms with Gasteiger partial charge >= 0.3 is 23.9 Å². The zero-order chi connectivity index (χ0) is 34.6. The molecule has 1 saturated heterocycles. The molecule has 254 valence electrons. The second-order valence-corrected chi connectivity index (χ2v) is 12.1. The number of benzene rings is 4. The summed E-state index contributed by atoms with van der Waals surface area (Å²) in [5.74, 6) is -2.73. The molecule has 11 heteroatoms. The topological polar surface area (TPSA) is 118 Å². The summed E-state index contributed by atoms with van der Waals surface area (Å²) in [5.41, 5.74) is 0.185. The number of hydrogen-bond acceptors (Lipinski definition) is 11. The molecule has 49 heavy (non-hydrogen) atoms. The fourth-order valence-electron chi connectivity index (χ4n) is 5.13. The van der Waals surface area contributed by atoms with Gasteiger partial charge in [0, 0.05) is 13.1 Å². The Labute approximate surface area is 289 Å². The van der Waals surface area contributed by atoms with Gasteiger partial charge in [-0.05, 0) is 60.5 Å². The van der Waals surface area contributed by atoms with Crippen LogP contribution in [-0.2, 0) is 23.7 Å². The van der Waals surface area contributed by atoms with Gasteiger partial charge in [0.15, 0.2) is 23.7 Å². The number of nitrogens with zero attached hydrogens (tertiary/aromatic N) is 1. The van der Waals surface area contributed by atoms with Crippen LogP contribution in [-0.4, -0.2) is 77.7 Å². The van der Waals surface area contributed by atoms with Crippen molar-refractivity contribution in [3.05, 3.63) is 144 Å². The Morgan fingerprint density at radius 2 is 1.02 bits per heavy atom. The van der Waals surface area contributed by atoms with Crippen LogP contribution in [0.1, 0.15) is 55.3 Å². The summed E-state index contributed by atoms with van der Waals surface area (Å²) in [6, 6.07) is 33.4. The van der Waals surface area contributed by atoms with Gasteiger partial charge in [-0.15, -0.1) is 0 Å². The van der Waals surface area contributed by atoms with Crippen molar-refractivity contribution in [3.8, 4) is 0 Å². The molecule has 0 unspecified atom stereocenters. The summed E-state index contributed by atoms with van der Waals surface area (Å²) in [6.45, 7) is 4.74. The van der Waals surface area contributed by atoms with Crippen molar-refractivity contribution >= 4 is 35.8 Å². The first-order chi connectivity index (χ1) is 23.9. The molecule has 0 bridgehead atoms. The van der Waals surface area contributed by atoms with Crippen molar-refractivity contribution in [2.45, 2.75) is 43.7 Å². The van der Waals surface area contributed by atoms with E-state index in [1.165, 1.54) is 11.9 Å². The van der Waals surface area contributed by atoms with E-state index in [2.05, 4.69) is 0 Å². The standard InChI is InChI=1S/C38H37NO9S/c1-3-39(4-2)49-38-33(47-37(43)29-23-15-8-16-24-29)32(46-36(42)28-21-13-7-14-22-28)31(48-38)30(45-35(41)27-19-11-6-12-20-27)25-44-34(40)26-17-9-5-10-18-26/h5-24,30-33,38H,3-4,25H2,1-2H3/t30-,31+,32+,33-,38+/m1/s1. The summed E-state index contributed by atoms with van der Waals surface area (Å²) >= 11 is 1.28. The fraction of sp³-hybridized carbons (Fsp3) is 0.263. The van der Waals surface area contributed by atoms with Crippen molar-refractivity contribution in [2.75, 3.05) is 19.7 Å². The Hall–Kier alpha value is -4.97. The summed E-state index contributed by atoms with van der Waals surface area (Å²) in [4.78, 5) is 53.6. The highest BCUT2D eigenvalue weighted by molar-refractivity contribution is 7.97. The highest BCUT2D eigenvalue weighted by Crippen LogP contribution is 2.38. The van der Waals surface area contributed by atoms with Crippen molar-refractivity contribution in [1.82, 2.24) is 4.31 Å². The minimum absolute atomic E-state index is 0.249. The molecule has 0 aromatic heterocycles. The lowest BCUT2D eigenvalue weighted by Gasteiger charge is -2.28. The molecule has 0 spiro atoms. The Morgan fingerprint density at radius 3 is 1.47 bits per heavy atom. The average Bonchev–Trinajstić information content (AvgIpc) is 3.48. The Kier molecular flexibility index (Phi) is 12.6. The maximum Gasteiger partial charge on any atom is 0.338 e. The molecule has 0 aliphatic carbocycles. The van der Waals surface area contributed by atoms with E-state index in [4.69, 9.17) is 23.7 Å². The summed E-state index contributed by atoms with van der Waals surface area (Å²) in [7, 11) is 0. The predicted octanol–water partition coefficient (Wildman–Crippen LogP) is 6.24. The summed E-state index contributed by atoms with van der Waals surface area (Å²) in [5, 5.41) is 0.